The second kappa shape index (κ2) is 5.21. The Balaban J connectivity index is 1.69. The maximum absolute atomic E-state index is 12.1. The van der Waals surface area contributed by atoms with Crippen molar-refractivity contribution in [2.24, 2.45) is 5.92 Å². The topological polar surface area (TPSA) is 73.6 Å². The van der Waals surface area contributed by atoms with E-state index < -0.39 is 0 Å². The maximum atomic E-state index is 12.1. The van der Waals surface area contributed by atoms with Gasteiger partial charge in [-0.15, -0.1) is 0 Å². The number of ether oxygens (including phenoxy) is 2. The van der Waals surface area contributed by atoms with E-state index in [-0.39, 0.29) is 12.7 Å². The summed E-state index contributed by atoms with van der Waals surface area (Å²) < 4.78 is 10.5. The first-order valence-corrected chi connectivity index (χ1v) is 7.44. The second-order valence-electron chi connectivity index (χ2n) is 4.73. The molecule has 2 aliphatic rings. The summed E-state index contributed by atoms with van der Waals surface area (Å²) in [5.74, 6) is 3.91. The van der Waals surface area contributed by atoms with Crippen LogP contribution in [0.1, 0.15) is 16.8 Å². The molecule has 1 aromatic carbocycles. The van der Waals surface area contributed by atoms with Gasteiger partial charge in [0, 0.05) is 18.3 Å². The van der Waals surface area contributed by atoms with Gasteiger partial charge in [0.05, 0.1) is 5.56 Å². The lowest BCUT2D eigenvalue weighted by molar-refractivity contribution is 0.0949. The van der Waals surface area contributed by atoms with Gasteiger partial charge in [-0.3, -0.25) is 4.79 Å². The van der Waals surface area contributed by atoms with Crippen molar-refractivity contribution in [1.82, 2.24) is 5.32 Å². The molecule has 0 bridgehead atoms. The molecular formula is C13H16N2O3S. The molecule has 1 atom stereocenters. The van der Waals surface area contributed by atoms with Crippen LogP contribution in [0.2, 0.25) is 0 Å². The minimum Gasteiger partial charge on any atom is -0.454 e. The van der Waals surface area contributed by atoms with Crippen LogP contribution in [0.4, 0.5) is 5.69 Å². The molecule has 1 saturated heterocycles. The number of amides is 1. The monoisotopic (exact) mass is 280 g/mol. The van der Waals surface area contributed by atoms with Crippen molar-refractivity contribution in [3.05, 3.63) is 17.7 Å². The molecule has 2 aliphatic heterocycles. The number of nitrogens with two attached hydrogens (primary N) is 1. The molecule has 1 unspecified atom stereocenters. The second-order valence-corrected chi connectivity index (χ2v) is 5.88. The number of anilines is 1. The number of benzene rings is 1. The number of nitrogens with one attached hydrogen (secondary N) is 1. The molecule has 0 saturated carbocycles. The first-order chi connectivity index (χ1) is 9.24. The molecule has 19 heavy (non-hydrogen) atoms. The smallest absolute Gasteiger partial charge is 0.253 e. The highest BCUT2D eigenvalue weighted by Gasteiger charge is 2.21. The number of rotatable bonds is 3. The van der Waals surface area contributed by atoms with Crippen LogP contribution >= 0.6 is 11.8 Å². The van der Waals surface area contributed by atoms with Gasteiger partial charge in [0.1, 0.15) is 0 Å². The largest absolute Gasteiger partial charge is 0.454 e. The zero-order chi connectivity index (χ0) is 13.2. The first-order valence-electron chi connectivity index (χ1n) is 6.29. The minimum absolute atomic E-state index is 0.146. The van der Waals surface area contributed by atoms with Crippen LogP contribution in [0.15, 0.2) is 12.1 Å². The Morgan fingerprint density at radius 2 is 2.21 bits per heavy atom. The summed E-state index contributed by atoms with van der Waals surface area (Å²) in [6.45, 7) is 0.888. The summed E-state index contributed by atoms with van der Waals surface area (Å²) in [4.78, 5) is 12.1. The molecule has 102 valence electrons. The van der Waals surface area contributed by atoms with E-state index in [0.29, 0.717) is 35.2 Å². The number of thioether (sulfide) groups is 1. The minimum atomic E-state index is -0.146. The SMILES string of the molecule is Nc1cc2c(cc1C(=O)NCC1CCSC1)OCO2. The third-order valence-corrected chi connectivity index (χ3v) is 4.60. The average Bonchev–Trinajstić information content (AvgIpc) is 3.05. The Kier molecular flexibility index (Phi) is 3.42. The van der Waals surface area contributed by atoms with Crippen molar-refractivity contribution in [2.45, 2.75) is 6.42 Å². The van der Waals surface area contributed by atoms with Crippen LogP contribution in [0.3, 0.4) is 0 Å². The molecular weight excluding hydrogens is 264 g/mol. The molecule has 5 nitrogen and oxygen atoms in total. The molecule has 0 aliphatic carbocycles. The summed E-state index contributed by atoms with van der Waals surface area (Å²) in [6, 6.07) is 3.29. The van der Waals surface area contributed by atoms with Gasteiger partial charge in [-0.05, 0) is 29.9 Å². The molecule has 1 fully saturated rings. The van der Waals surface area contributed by atoms with Crippen molar-refractivity contribution in [3.8, 4) is 11.5 Å². The molecule has 0 radical (unpaired) electrons. The van der Waals surface area contributed by atoms with Crippen molar-refractivity contribution in [3.63, 3.8) is 0 Å². The molecule has 3 N–H and O–H groups in total. The molecule has 0 aromatic heterocycles. The highest BCUT2D eigenvalue weighted by molar-refractivity contribution is 7.99. The van der Waals surface area contributed by atoms with Gasteiger partial charge in [0.15, 0.2) is 11.5 Å². The molecule has 2 heterocycles. The molecule has 3 rings (SSSR count). The number of carbonyl (C=O) groups excluding carboxylic acids is 1. The van der Waals surface area contributed by atoms with Gasteiger partial charge in [-0.1, -0.05) is 0 Å². The Labute approximate surface area is 115 Å². The number of fused-ring (bicyclic) bond motifs is 1. The number of nitrogen functional groups attached to an aromatic ring is 1. The van der Waals surface area contributed by atoms with E-state index in [0.717, 1.165) is 5.75 Å². The average molecular weight is 280 g/mol. The van der Waals surface area contributed by atoms with Crippen LogP contribution in [0, 0.1) is 5.92 Å². The predicted octanol–water partition coefficient (Wildman–Crippen LogP) is 1.48. The van der Waals surface area contributed by atoms with Crippen LogP contribution in [0.25, 0.3) is 0 Å². The van der Waals surface area contributed by atoms with E-state index in [1.807, 2.05) is 11.8 Å². The van der Waals surface area contributed by atoms with Crippen LogP contribution in [0.5, 0.6) is 11.5 Å². The number of hydrogen-bond acceptors (Lipinski definition) is 5. The van der Waals surface area contributed by atoms with Crippen LogP contribution in [-0.2, 0) is 0 Å². The van der Waals surface area contributed by atoms with E-state index in [1.165, 1.54) is 12.2 Å². The summed E-state index contributed by atoms with van der Waals surface area (Å²) in [5, 5.41) is 2.94. The molecule has 6 heteroatoms. The lowest BCUT2D eigenvalue weighted by atomic mass is 10.1. The fourth-order valence-electron chi connectivity index (χ4n) is 2.23. The van der Waals surface area contributed by atoms with E-state index in [4.69, 9.17) is 15.2 Å². The fraction of sp³-hybridized carbons (Fsp3) is 0.462. The summed E-state index contributed by atoms with van der Waals surface area (Å²) in [5.41, 5.74) is 6.75. The third-order valence-electron chi connectivity index (χ3n) is 3.36. The van der Waals surface area contributed by atoms with Gasteiger partial charge >= 0.3 is 0 Å². The standard InChI is InChI=1S/C13H16N2O3S/c14-10-4-12-11(17-7-18-12)3-9(10)13(16)15-5-8-1-2-19-6-8/h3-4,8H,1-2,5-7,14H2,(H,15,16). The number of hydrogen-bond donors (Lipinski definition) is 2. The normalized spacial score (nSPS) is 20.5. The summed E-state index contributed by atoms with van der Waals surface area (Å²) in [6.07, 6.45) is 1.17. The zero-order valence-electron chi connectivity index (χ0n) is 10.5. The maximum Gasteiger partial charge on any atom is 0.253 e. The van der Waals surface area contributed by atoms with Crippen molar-refractivity contribution >= 4 is 23.4 Å². The lowest BCUT2D eigenvalue weighted by Gasteiger charge is -2.11. The van der Waals surface area contributed by atoms with Crippen molar-refractivity contribution in [2.75, 3.05) is 30.6 Å². The Morgan fingerprint density at radius 3 is 2.95 bits per heavy atom. The van der Waals surface area contributed by atoms with Gasteiger partial charge in [0.2, 0.25) is 6.79 Å². The molecule has 0 spiro atoms. The molecule has 1 amide bonds. The van der Waals surface area contributed by atoms with E-state index in [2.05, 4.69) is 5.32 Å². The van der Waals surface area contributed by atoms with Gasteiger partial charge < -0.3 is 20.5 Å². The molecule has 1 aromatic rings. The van der Waals surface area contributed by atoms with Gasteiger partial charge in [-0.2, -0.15) is 11.8 Å². The van der Waals surface area contributed by atoms with Gasteiger partial charge in [-0.25, -0.2) is 0 Å². The van der Waals surface area contributed by atoms with Gasteiger partial charge in [0.25, 0.3) is 5.91 Å². The number of carbonyl (C=O) groups is 1. The van der Waals surface area contributed by atoms with Crippen LogP contribution < -0.4 is 20.5 Å². The third kappa shape index (κ3) is 2.58. The quantitative estimate of drug-likeness (QED) is 0.820. The fourth-order valence-corrected chi connectivity index (χ4v) is 3.52. The Morgan fingerprint density at radius 1 is 1.42 bits per heavy atom. The van der Waals surface area contributed by atoms with Crippen molar-refractivity contribution < 1.29 is 14.3 Å². The van der Waals surface area contributed by atoms with Crippen LogP contribution in [-0.4, -0.2) is 30.8 Å². The van der Waals surface area contributed by atoms with E-state index in [1.54, 1.807) is 12.1 Å². The van der Waals surface area contributed by atoms with E-state index >= 15 is 0 Å². The predicted molar refractivity (Wildman–Crippen MR) is 74.7 cm³/mol. The highest BCUT2D eigenvalue weighted by atomic mass is 32.2. The summed E-state index contributed by atoms with van der Waals surface area (Å²) in [7, 11) is 0. The van der Waals surface area contributed by atoms with Crippen molar-refractivity contribution in [1.29, 1.82) is 0 Å². The zero-order valence-corrected chi connectivity index (χ0v) is 11.3. The first kappa shape index (κ1) is 12.5. The Bertz CT molecular complexity index is 501. The lowest BCUT2D eigenvalue weighted by Crippen LogP contribution is -2.29. The highest BCUT2D eigenvalue weighted by Crippen LogP contribution is 2.35. The summed E-state index contributed by atoms with van der Waals surface area (Å²) >= 11 is 1.94. The van der Waals surface area contributed by atoms with E-state index in [9.17, 15) is 4.79 Å². The Hall–Kier alpha value is -1.56.